The maximum absolute atomic E-state index is 12.3. The van der Waals surface area contributed by atoms with Gasteiger partial charge in [-0.25, -0.2) is 4.79 Å². The van der Waals surface area contributed by atoms with Crippen LogP contribution in [0, 0.1) is 0 Å². The van der Waals surface area contributed by atoms with Gasteiger partial charge in [-0.3, -0.25) is 24.0 Å². The Labute approximate surface area is 149 Å². The third-order valence-corrected chi connectivity index (χ3v) is 4.53. The lowest BCUT2D eigenvalue weighted by Crippen LogP contribution is -2.48. The molecule has 0 spiro atoms. The number of aromatic nitrogens is 4. The summed E-state index contributed by atoms with van der Waals surface area (Å²) < 4.78 is 7.79. The number of allylic oxidation sites excluding steroid dienone is 1. The van der Waals surface area contributed by atoms with Crippen LogP contribution in [0.3, 0.4) is 0 Å². The number of aromatic amines is 1. The van der Waals surface area contributed by atoms with E-state index in [-0.39, 0.29) is 12.5 Å². The molecule has 0 aliphatic carbocycles. The summed E-state index contributed by atoms with van der Waals surface area (Å²) in [6.07, 6.45) is 1.68. The lowest BCUT2D eigenvalue weighted by molar-refractivity contribution is -0.142. The molecule has 10 nitrogen and oxygen atoms in total. The first-order chi connectivity index (χ1) is 12.5. The Balaban J connectivity index is 1.94. The molecule has 0 atom stereocenters. The minimum Gasteiger partial charge on any atom is -0.468 e. The average Bonchev–Trinajstić information content (AvgIpc) is 3.01. The summed E-state index contributed by atoms with van der Waals surface area (Å²) >= 11 is 0. The Kier molecular flexibility index (Phi) is 4.94. The number of fused-ring (bicyclic) bond motifs is 1. The topological polar surface area (TPSA) is 105 Å². The summed E-state index contributed by atoms with van der Waals surface area (Å²) in [6.45, 7) is 7.02. The standard InChI is InChI=1S/C16H22N6O4/c1-4-5-22-12-13(19(2)16(25)18-14(12)24)17-15(22)21-8-6-20(7-9-21)10-11(23)26-3/h4H,1,5-10H2,2-3H3,(H,18,24,25). The second-order valence-electron chi connectivity index (χ2n) is 6.14. The normalized spacial score (nSPS) is 15.4. The number of esters is 1. The van der Waals surface area contributed by atoms with Gasteiger partial charge in [-0.15, -0.1) is 6.58 Å². The molecule has 1 N–H and O–H groups in total. The monoisotopic (exact) mass is 362 g/mol. The van der Waals surface area contributed by atoms with E-state index in [1.165, 1.54) is 11.7 Å². The molecule has 1 aliphatic heterocycles. The van der Waals surface area contributed by atoms with Gasteiger partial charge in [0, 0.05) is 39.8 Å². The predicted molar refractivity (Wildman–Crippen MR) is 96.5 cm³/mol. The van der Waals surface area contributed by atoms with E-state index in [1.807, 2.05) is 9.80 Å². The molecule has 0 saturated carbocycles. The molecule has 0 unspecified atom stereocenters. The van der Waals surface area contributed by atoms with Crippen LogP contribution in [-0.2, 0) is 23.1 Å². The van der Waals surface area contributed by atoms with Gasteiger partial charge in [-0.1, -0.05) is 6.08 Å². The van der Waals surface area contributed by atoms with Crippen LogP contribution in [0.4, 0.5) is 5.95 Å². The van der Waals surface area contributed by atoms with Crippen molar-refractivity contribution in [1.29, 1.82) is 0 Å². The van der Waals surface area contributed by atoms with E-state index in [4.69, 9.17) is 4.74 Å². The molecule has 3 heterocycles. The molecule has 10 heteroatoms. The van der Waals surface area contributed by atoms with Crippen molar-refractivity contribution < 1.29 is 9.53 Å². The molecule has 0 amide bonds. The van der Waals surface area contributed by atoms with Gasteiger partial charge in [0.05, 0.1) is 13.7 Å². The zero-order valence-electron chi connectivity index (χ0n) is 14.9. The highest BCUT2D eigenvalue weighted by molar-refractivity contribution is 5.74. The smallest absolute Gasteiger partial charge is 0.329 e. The Hall–Kier alpha value is -2.88. The van der Waals surface area contributed by atoms with Crippen LogP contribution in [-0.4, -0.2) is 69.8 Å². The fraction of sp³-hybridized carbons (Fsp3) is 0.500. The maximum Gasteiger partial charge on any atom is 0.329 e. The van der Waals surface area contributed by atoms with Gasteiger partial charge in [0.15, 0.2) is 11.2 Å². The Morgan fingerprint density at radius 3 is 2.62 bits per heavy atom. The Bertz CT molecular complexity index is 948. The van der Waals surface area contributed by atoms with Crippen molar-refractivity contribution in [3.8, 4) is 0 Å². The highest BCUT2D eigenvalue weighted by Crippen LogP contribution is 2.20. The van der Waals surface area contributed by atoms with E-state index in [9.17, 15) is 14.4 Å². The van der Waals surface area contributed by atoms with Crippen LogP contribution in [0.1, 0.15) is 0 Å². The summed E-state index contributed by atoms with van der Waals surface area (Å²) in [6, 6.07) is 0. The number of hydrogen-bond acceptors (Lipinski definition) is 7. The number of ether oxygens (including phenoxy) is 1. The van der Waals surface area contributed by atoms with Crippen molar-refractivity contribution in [3.05, 3.63) is 33.5 Å². The summed E-state index contributed by atoms with van der Waals surface area (Å²) in [5, 5.41) is 0. The number of H-pyrrole nitrogens is 1. The molecule has 2 aromatic heterocycles. The number of nitrogens with zero attached hydrogens (tertiary/aromatic N) is 5. The Morgan fingerprint density at radius 2 is 2.00 bits per heavy atom. The maximum atomic E-state index is 12.3. The number of anilines is 1. The van der Waals surface area contributed by atoms with Gasteiger partial charge >= 0.3 is 11.7 Å². The zero-order valence-corrected chi connectivity index (χ0v) is 14.9. The summed E-state index contributed by atoms with van der Waals surface area (Å²) in [5.74, 6) is 0.350. The van der Waals surface area contributed by atoms with E-state index in [1.54, 1.807) is 17.7 Å². The van der Waals surface area contributed by atoms with Crippen molar-refractivity contribution in [2.75, 3.05) is 44.7 Å². The number of methoxy groups -OCH3 is 1. The van der Waals surface area contributed by atoms with E-state index < -0.39 is 11.2 Å². The third kappa shape index (κ3) is 3.15. The second kappa shape index (κ2) is 7.16. The van der Waals surface area contributed by atoms with Crippen LogP contribution < -0.4 is 16.1 Å². The fourth-order valence-corrected chi connectivity index (χ4v) is 3.12. The number of nitrogens with one attached hydrogen (secondary N) is 1. The minimum atomic E-state index is -0.500. The van der Waals surface area contributed by atoms with E-state index >= 15 is 0 Å². The number of carbonyl (C=O) groups excluding carboxylic acids is 1. The van der Waals surface area contributed by atoms with Crippen molar-refractivity contribution in [2.45, 2.75) is 6.54 Å². The average molecular weight is 362 g/mol. The molecule has 0 radical (unpaired) electrons. The molecule has 3 rings (SSSR count). The zero-order chi connectivity index (χ0) is 18.8. The van der Waals surface area contributed by atoms with Crippen molar-refractivity contribution in [1.82, 2.24) is 24.0 Å². The highest BCUT2D eigenvalue weighted by atomic mass is 16.5. The van der Waals surface area contributed by atoms with Gasteiger partial charge in [0.25, 0.3) is 5.56 Å². The number of hydrogen-bond donors (Lipinski definition) is 1. The predicted octanol–water partition coefficient (Wildman–Crippen LogP) is -1.10. The number of piperazine rings is 1. The quantitative estimate of drug-likeness (QED) is 0.532. The van der Waals surface area contributed by atoms with Gasteiger partial charge < -0.3 is 14.2 Å². The molecule has 1 fully saturated rings. The molecular weight excluding hydrogens is 340 g/mol. The van der Waals surface area contributed by atoms with Crippen LogP contribution in [0.15, 0.2) is 22.2 Å². The molecule has 2 aromatic rings. The summed E-state index contributed by atoms with van der Waals surface area (Å²) in [5.41, 5.74) is -0.278. The number of rotatable bonds is 5. The first-order valence-corrected chi connectivity index (χ1v) is 8.30. The van der Waals surface area contributed by atoms with Crippen LogP contribution in [0.5, 0.6) is 0 Å². The fourth-order valence-electron chi connectivity index (χ4n) is 3.12. The third-order valence-electron chi connectivity index (χ3n) is 4.53. The number of imidazole rings is 1. The molecule has 1 saturated heterocycles. The lowest BCUT2D eigenvalue weighted by atomic mass is 10.3. The lowest BCUT2D eigenvalue weighted by Gasteiger charge is -2.34. The van der Waals surface area contributed by atoms with Gasteiger partial charge in [-0.2, -0.15) is 4.98 Å². The van der Waals surface area contributed by atoms with Gasteiger partial charge in [0.1, 0.15) is 0 Å². The van der Waals surface area contributed by atoms with Crippen LogP contribution >= 0.6 is 0 Å². The Morgan fingerprint density at radius 1 is 1.31 bits per heavy atom. The van der Waals surface area contributed by atoms with E-state index in [0.29, 0.717) is 49.8 Å². The van der Waals surface area contributed by atoms with Gasteiger partial charge in [0.2, 0.25) is 5.95 Å². The van der Waals surface area contributed by atoms with E-state index in [0.717, 1.165) is 0 Å². The number of aryl methyl sites for hydroxylation is 1. The van der Waals surface area contributed by atoms with Gasteiger partial charge in [-0.05, 0) is 0 Å². The molecule has 0 bridgehead atoms. The molecular formula is C16H22N6O4. The number of carbonyl (C=O) groups is 1. The second-order valence-corrected chi connectivity index (χ2v) is 6.14. The minimum absolute atomic E-state index is 0.252. The summed E-state index contributed by atoms with van der Waals surface area (Å²) in [7, 11) is 2.95. The van der Waals surface area contributed by atoms with Crippen molar-refractivity contribution >= 4 is 23.1 Å². The molecule has 26 heavy (non-hydrogen) atoms. The molecule has 140 valence electrons. The highest BCUT2D eigenvalue weighted by Gasteiger charge is 2.25. The van der Waals surface area contributed by atoms with Crippen LogP contribution in [0.2, 0.25) is 0 Å². The first-order valence-electron chi connectivity index (χ1n) is 8.30. The largest absolute Gasteiger partial charge is 0.468 e. The molecule has 1 aliphatic rings. The van der Waals surface area contributed by atoms with Crippen molar-refractivity contribution in [2.24, 2.45) is 7.05 Å². The van der Waals surface area contributed by atoms with E-state index in [2.05, 4.69) is 16.5 Å². The van der Waals surface area contributed by atoms with Crippen molar-refractivity contribution in [3.63, 3.8) is 0 Å². The summed E-state index contributed by atoms with van der Waals surface area (Å²) in [4.78, 5) is 46.5. The first kappa shape index (κ1) is 17.9. The SMILES string of the molecule is C=CCn1c(N2CCN(CC(=O)OC)CC2)nc2c1c(=O)[nH]c(=O)n2C. The van der Waals surface area contributed by atoms with Crippen LogP contribution in [0.25, 0.3) is 11.2 Å². The molecule has 0 aromatic carbocycles.